The predicted octanol–water partition coefficient (Wildman–Crippen LogP) is 2.98. The summed E-state index contributed by atoms with van der Waals surface area (Å²) in [4.78, 5) is 2.27. The third kappa shape index (κ3) is 4.70. The summed E-state index contributed by atoms with van der Waals surface area (Å²) in [6.07, 6.45) is 0.742. The highest BCUT2D eigenvalue weighted by molar-refractivity contribution is 7.89. The molecule has 1 aliphatic heterocycles. The van der Waals surface area contributed by atoms with E-state index in [1.54, 1.807) is 0 Å². The van der Waals surface area contributed by atoms with Crippen LogP contribution in [0.4, 0.5) is 0 Å². The Morgan fingerprint density at radius 2 is 1.86 bits per heavy atom. The second-order valence-electron chi connectivity index (χ2n) is 7.23. The van der Waals surface area contributed by atoms with Crippen LogP contribution in [0.1, 0.15) is 6.42 Å². The fourth-order valence-corrected chi connectivity index (χ4v) is 4.98. The Morgan fingerprint density at radius 1 is 1.07 bits per heavy atom. The molecule has 0 spiro atoms. The molecule has 1 fully saturated rings. The molecule has 1 aliphatic rings. The maximum absolute atomic E-state index is 12.5. The van der Waals surface area contributed by atoms with E-state index in [9.17, 15) is 13.5 Å². The lowest BCUT2D eigenvalue weighted by Crippen LogP contribution is -2.37. The third-order valence-corrected chi connectivity index (χ3v) is 6.65. The molecule has 0 radical (unpaired) electrons. The largest absolute Gasteiger partial charge is 0.508 e. The summed E-state index contributed by atoms with van der Waals surface area (Å²) < 4.78 is 33.7. The van der Waals surface area contributed by atoms with E-state index in [-0.39, 0.29) is 16.7 Å². The van der Waals surface area contributed by atoms with Crippen molar-refractivity contribution in [3.63, 3.8) is 0 Å². The number of phenolic OH excluding ortho intramolecular Hbond substituents is 1. The van der Waals surface area contributed by atoms with Crippen LogP contribution in [0.5, 0.6) is 11.5 Å². The molecule has 0 aliphatic carbocycles. The first-order valence-corrected chi connectivity index (χ1v) is 11.1. The maximum Gasteiger partial charge on any atom is 0.240 e. The molecule has 0 amide bonds. The van der Waals surface area contributed by atoms with Crippen LogP contribution in [0.25, 0.3) is 10.8 Å². The van der Waals surface area contributed by atoms with Crippen molar-refractivity contribution in [3.05, 3.63) is 66.7 Å². The van der Waals surface area contributed by atoms with E-state index in [0.29, 0.717) is 13.2 Å². The van der Waals surface area contributed by atoms with Crippen molar-refractivity contribution in [3.8, 4) is 11.5 Å². The Balaban J connectivity index is 1.30. The van der Waals surface area contributed by atoms with E-state index in [1.807, 2.05) is 30.3 Å². The SMILES string of the molecule is O=S(=O)(NC1CCN(CCOc2cccc3ccccc23)C1)c1cccc(O)c1. The molecule has 1 saturated heterocycles. The van der Waals surface area contributed by atoms with Crippen LogP contribution in [-0.4, -0.2) is 50.7 Å². The lowest BCUT2D eigenvalue weighted by atomic mass is 10.1. The zero-order valence-corrected chi connectivity index (χ0v) is 16.8. The molecule has 2 N–H and O–H groups in total. The number of likely N-dealkylation sites (tertiary alicyclic amines) is 1. The van der Waals surface area contributed by atoms with Crippen molar-refractivity contribution in [1.29, 1.82) is 0 Å². The number of rotatable bonds is 7. The summed E-state index contributed by atoms with van der Waals surface area (Å²) in [6.45, 7) is 2.72. The van der Waals surface area contributed by atoms with Crippen molar-refractivity contribution < 1.29 is 18.3 Å². The van der Waals surface area contributed by atoms with Gasteiger partial charge in [-0.05, 0) is 42.6 Å². The molecule has 0 aromatic heterocycles. The lowest BCUT2D eigenvalue weighted by Gasteiger charge is -2.17. The quantitative estimate of drug-likeness (QED) is 0.624. The molecule has 1 atom stereocenters. The van der Waals surface area contributed by atoms with Crippen molar-refractivity contribution in [1.82, 2.24) is 9.62 Å². The number of ether oxygens (including phenoxy) is 1. The molecule has 6 nitrogen and oxygen atoms in total. The average molecular weight is 413 g/mol. The van der Waals surface area contributed by atoms with Crippen molar-refractivity contribution in [2.24, 2.45) is 0 Å². The highest BCUT2D eigenvalue weighted by Gasteiger charge is 2.27. The smallest absolute Gasteiger partial charge is 0.240 e. The zero-order valence-electron chi connectivity index (χ0n) is 16.0. The molecule has 29 heavy (non-hydrogen) atoms. The minimum Gasteiger partial charge on any atom is -0.508 e. The predicted molar refractivity (Wildman–Crippen MR) is 113 cm³/mol. The van der Waals surface area contributed by atoms with Gasteiger partial charge in [0.05, 0.1) is 4.90 Å². The summed E-state index contributed by atoms with van der Waals surface area (Å²) in [5.74, 6) is 0.801. The number of sulfonamides is 1. The van der Waals surface area contributed by atoms with Gasteiger partial charge in [-0.15, -0.1) is 0 Å². The Kier molecular flexibility index (Phi) is 5.71. The Labute approximate surface area is 170 Å². The van der Waals surface area contributed by atoms with Gasteiger partial charge in [0, 0.05) is 24.5 Å². The number of nitrogens with zero attached hydrogens (tertiary/aromatic N) is 1. The van der Waals surface area contributed by atoms with E-state index >= 15 is 0 Å². The van der Waals surface area contributed by atoms with Crippen LogP contribution in [0.15, 0.2) is 71.6 Å². The molecule has 1 unspecified atom stereocenters. The van der Waals surface area contributed by atoms with Crippen molar-refractivity contribution in [2.75, 3.05) is 26.2 Å². The molecular formula is C22H24N2O4S. The number of fused-ring (bicyclic) bond motifs is 1. The fourth-order valence-electron chi connectivity index (χ4n) is 3.68. The fraction of sp³-hybridized carbons (Fsp3) is 0.273. The van der Waals surface area contributed by atoms with Crippen LogP contribution in [-0.2, 0) is 10.0 Å². The Hall–Kier alpha value is -2.61. The van der Waals surface area contributed by atoms with Gasteiger partial charge in [-0.3, -0.25) is 4.90 Å². The van der Waals surface area contributed by atoms with Crippen LogP contribution < -0.4 is 9.46 Å². The number of hydrogen-bond acceptors (Lipinski definition) is 5. The molecule has 7 heteroatoms. The van der Waals surface area contributed by atoms with E-state index in [1.165, 1.54) is 24.3 Å². The third-order valence-electron chi connectivity index (χ3n) is 5.14. The molecule has 3 aromatic rings. The molecule has 1 heterocycles. The second kappa shape index (κ2) is 8.41. The topological polar surface area (TPSA) is 78.9 Å². The standard InChI is InChI=1S/C22H24N2O4S/c25-19-7-4-8-20(15-19)29(26,27)23-18-11-12-24(16-18)13-14-28-22-10-3-6-17-5-1-2-9-21(17)22/h1-10,15,18,23,25H,11-14,16H2. The zero-order chi connectivity index (χ0) is 20.3. The number of hydrogen-bond donors (Lipinski definition) is 2. The Bertz CT molecular complexity index is 1100. The molecule has 3 aromatic carbocycles. The molecular weight excluding hydrogens is 388 g/mol. The normalized spacial score (nSPS) is 17.6. The van der Waals surface area contributed by atoms with Crippen LogP contribution in [0, 0.1) is 0 Å². The van der Waals surface area contributed by atoms with Crippen molar-refractivity contribution >= 4 is 20.8 Å². The molecule has 152 valence electrons. The minimum atomic E-state index is -3.65. The monoisotopic (exact) mass is 412 g/mol. The van der Waals surface area contributed by atoms with Crippen LogP contribution in [0.3, 0.4) is 0 Å². The van der Waals surface area contributed by atoms with Gasteiger partial charge in [0.1, 0.15) is 18.1 Å². The first-order valence-electron chi connectivity index (χ1n) is 9.65. The number of aromatic hydroxyl groups is 1. The van der Waals surface area contributed by atoms with Gasteiger partial charge in [0.25, 0.3) is 0 Å². The van der Waals surface area contributed by atoms with Gasteiger partial charge in [-0.1, -0.05) is 42.5 Å². The molecule has 0 saturated carbocycles. The van der Waals surface area contributed by atoms with Crippen molar-refractivity contribution in [2.45, 2.75) is 17.4 Å². The van der Waals surface area contributed by atoms with Gasteiger partial charge in [0.15, 0.2) is 0 Å². The van der Waals surface area contributed by atoms with E-state index < -0.39 is 10.0 Å². The van der Waals surface area contributed by atoms with Gasteiger partial charge in [-0.25, -0.2) is 13.1 Å². The van der Waals surface area contributed by atoms with Gasteiger partial charge in [0.2, 0.25) is 10.0 Å². The van der Waals surface area contributed by atoms with E-state index in [4.69, 9.17) is 4.74 Å². The van der Waals surface area contributed by atoms with Gasteiger partial charge >= 0.3 is 0 Å². The number of nitrogens with one attached hydrogen (secondary N) is 1. The molecule has 0 bridgehead atoms. The summed E-state index contributed by atoms with van der Waals surface area (Å²) in [7, 11) is -3.65. The van der Waals surface area contributed by atoms with Gasteiger partial charge < -0.3 is 9.84 Å². The average Bonchev–Trinajstić information content (AvgIpc) is 3.14. The van der Waals surface area contributed by atoms with Crippen LogP contribution in [0.2, 0.25) is 0 Å². The van der Waals surface area contributed by atoms with Crippen LogP contribution >= 0.6 is 0 Å². The summed E-state index contributed by atoms with van der Waals surface area (Å²) in [5.41, 5.74) is 0. The van der Waals surface area contributed by atoms with E-state index in [0.717, 1.165) is 36.0 Å². The first kappa shape index (κ1) is 19.7. The highest BCUT2D eigenvalue weighted by Crippen LogP contribution is 2.25. The summed E-state index contributed by atoms with van der Waals surface area (Å²) in [6, 6.07) is 19.7. The number of benzene rings is 3. The summed E-state index contributed by atoms with van der Waals surface area (Å²) >= 11 is 0. The van der Waals surface area contributed by atoms with Gasteiger partial charge in [-0.2, -0.15) is 0 Å². The van der Waals surface area contributed by atoms with E-state index in [2.05, 4.69) is 21.8 Å². The second-order valence-corrected chi connectivity index (χ2v) is 8.94. The first-order chi connectivity index (χ1) is 14.0. The highest BCUT2D eigenvalue weighted by atomic mass is 32.2. The maximum atomic E-state index is 12.5. The lowest BCUT2D eigenvalue weighted by molar-refractivity contribution is 0.237. The Morgan fingerprint density at radius 3 is 2.72 bits per heavy atom. The summed E-state index contributed by atoms with van der Waals surface area (Å²) in [5, 5.41) is 11.8. The number of phenols is 1. The molecule has 4 rings (SSSR count). The minimum absolute atomic E-state index is 0.0634.